The number of amides is 1. The van der Waals surface area contributed by atoms with E-state index in [4.69, 9.17) is 27.9 Å². The number of thioether (sulfide) groups is 1. The molecule has 7 nitrogen and oxygen atoms in total. The van der Waals surface area contributed by atoms with Gasteiger partial charge in [-0.05, 0) is 59.7 Å². The van der Waals surface area contributed by atoms with E-state index in [2.05, 4.69) is 20.8 Å². The van der Waals surface area contributed by atoms with Gasteiger partial charge >= 0.3 is 0 Å². The number of nitrogens with zero attached hydrogens (tertiary/aromatic N) is 4. The van der Waals surface area contributed by atoms with E-state index in [0.717, 1.165) is 11.1 Å². The molecular weight excluding hydrogens is 433 g/mol. The Morgan fingerprint density at radius 1 is 1.28 bits per heavy atom. The lowest BCUT2D eigenvalue weighted by Gasteiger charge is -2.16. The summed E-state index contributed by atoms with van der Waals surface area (Å²) in [7, 11) is 1.59. The minimum Gasteiger partial charge on any atom is -0.494 e. The van der Waals surface area contributed by atoms with Gasteiger partial charge in [0.2, 0.25) is 11.1 Å². The van der Waals surface area contributed by atoms with Crippen LogP contribution < -0.4 is 10.1 Å². The van der Waals surface area contributed by atoms with Crippen LogP contribution in [-0.4, -0.2) is 39.0 Å². The molecule has 0 aliphatic carbocycles. The molecule has 3 rings (SSSR count). The van der Waals surface area contributed by atoms with E-state index in [9.17, 15) is 4.79 Å². The van der Waals surface area contributed by atoms with Crippen LogP contribution in [0, 0.1) is 6.92 Å². The Morgan fingerprint density at radius 2 is 2.07 bits per heavy atom. The van der Waals surface area contributed by atoms with Gasteiger partial charge in [-0.15, -0.1) is 5.10 Å². The van der Waals surface area contributed by atoms with Crippen LogP contribution in [0.5, 0.6) is 5.75 Å². The molecule has 3 aromatic rings. The molecule has 0 spiro atoms. The van der Waals surface area contributed by atoms with Crippen LogP contribution in [0.4, 0.5) is 0 Å². The smallest absolute Gasteiger partial charge is 0.230 e. The predicted molar refractivity (Wildman–Crippen MR) is 114 cm³/mol. The summed E-state index contributed by atoms with van der Waals surface area (Å²) in [6.45, 7) is 3.83. The summed E-state index contributed by atoms with van der Waals surface area (Å²) in [6, 6.07) is 10.6. The molecule has 1 amide bonds. The Hall–Kier alpha value is -2.29. The van der Waals surface area contributed by atoms with Gasteiger partial charge < -0.3 is 10.1 Å². The van der Waals surface area contributed by atoms with Crippen molar-refractivity contribution in [3.63, 3.8) is 0 Å². The number of aryl methyl sites for hydroxylation is 1. The van der Waals surface area contributed by atoms with Crippen LogP contribution in [0.1, 0.15) is 24.1 Å². The molecule has 0 aliphatic heterocycles. The predicted octanol–water partition coefficient (Wildman–Crippen LogP) is 4.26. The lowest BCUT2D eigenvalue weighted by atomic mass is 10.1. The molecule has 0 bridgehead atoms. The summed E-state index contributed by atoms with van der Waals surface area (Å²) in [5.41, 5.74) is 2.55. The first-order valence-electron chi connectivity index (χ1n) is 8.69. The zero-order valence-electron chi connectivity index (χ0n) is 16.0. The second-order valence-electron chi connectivity index (χ2n) is 6.29. The zero-order valence-corrected chi connectivity index (χ0v) is 18.3. The fraction of sp³-hybridized carbons (Fsp3) is 0.263. The third kappa shape index (κ3) is 5.20. The van der Waals surface area contributed by atoms with Crippen LogP contribution in [-0.2, 0) is 4.79 Å². The van der Waals surface area contributed by atoms with E-state index in [-0.39, 0.29) is 17.7 Å². The average molecular weight is 452 g/mol. The summed E-state index contributed by atoms with van der Waals surface area (Å²) in [6.07, 6.45) is 0. The number of hydrogen-bond acceptors (Lipinski definition) is 6. The van der Waals surface area contributed by atoms with E-state index in [1.165, 1.54) is 11.8 Å². The normalized spacial score (nSPS) is 11.9. The van der Waals surface area contributed by atoms with Crippen LogP contribution in [0.2, 0.25) is 10.0 Å². The molecule has 1 N–H and O–H groups in total. The number of halogens is 2. The first kappa shape index (κ1) is 21.4. The molecule has 152 valence electrons. The molecule has 29 heavy (non-hydrogen) atoms. The molecule has 1 aromatic heterocycles. The molecule has 0 aliphatic rings. The van der Waals surface area contributed by atoms with Gasteiger partial charge in [-0.25, -0.2) is 0 Å². The van der Waals surface area contributed by atoms with E-state index < -0.39 is 0 Å². The van der Waals surface area contributed by atoms with E-state index in [0.29, 0.717) is 26.6 Å². The van der Waals surface area contributed by atoms with Gasteiger partial charge in [-0.3, -0.25) is 4.79 Å². The Labute approximate surface area is 182 Å². The third-order valence-corrected chi connectivity index (χ3v) is 5.62. The number of rotatable bonds is 7. The fourth-order valence-electron chi connectivity index (χ4n) is 2.73. The lowest BCUT2D eigenvalue weighted by Crippen LogP contribution is -2.28. The standard InChI is InChI=1S/C19H19Cl2N5O2S/c1-11-4-7-17(28-3)16(8-11)26-19(23-24-25-26)29-10-18(27)22-12(2)14-6-5-13(20)9-15(14)21/h4-9,12H,10H2,1-3H3,(H,22,27). The van der Waals surface area contributed by atoms with Gasteiger partial charge in [-0.2, -0.15) is 4.68 Å². The molecule has 0 saturated carbocycles. The summed E-state index contributed by atoms with van der Waals surface area (Å²) in [5, 5.41) is 16.3. The Morgan fingerprint density at radius 3 is 2.79 bits per heavy atom. The highest BCUT2D eigenvalue weighted by Crippen LogP contribution is 2.28. The van der Waals surface area contributed by atoms with E-state index >= 15 is 0 Å². The maximum absolute atomic E-state index is 12.4. The quantitative estimate of drug-likeness (QED) is 0.540. The molecule has 10 heteroatoms. The number of carbonyl (C=O) groups excluding carboxylic acids is 1. The van der Waals surface area contributed by atoms with Gasteiger partial charge in [0, 0.05) is 10.0 Å². The maximum Gasteiger partial charge on any atom is 0.230 e. The highest BCUT2D eigenvalue weighted by molar-refractivity contribution is 7.99. The number of benzene rings is 2. The minimum atomic E-state index is -0.263. The SMILES string of the molecule is COc1ccc(C)cc1-n1nnnc1SCC(=O)NC(C)c1ccc(Cl)cc1Cl. The number of methoxy groups -OCH3 is 1. The number of carbonyl (C=O) groups is 1. The summed E-state index contributed by atoms with van der Waals surface area (Å²) >= 11 is 13.4. The molecule has 1 unspecified atom stereocenters. The maximum atomic E-state index is 12.4. The van der Waals surface area contributed by atoms with Gasteiger partial charge in [0.1, 0.15) is 11.4 Å². The minimum absolute atomic E-state index is 0.143. The molecule has 1 atom stereocenters. The molecule has 0 fully saturated rings. The Bertz CT molecular complexity index is 1030. The van der Waals surface area contributed by atoms with Crippen LogP contribution >= 0.6 is 35.0 Å². The molecular formula is C19H19Cl2N5O2S. The van der Waals surface area contributed by atoms with Crippen molar-refractivity contribution in [2.24, 2.45) is 0 Å². The van der Waals surface area contributed by atoms with Crippen molar-refractivity contribution >= 4 is 40.9 Å². The molecule has 2 aromatic carbocycles. The van der Waals surface area contributed by atoms with Crippen molar-refractivity contribution in [1.82, 2.24) is 25.5 Å². The van der Waals surface area contributed by atoms with Gasteiger partial charge in [0.05, 0.1) is 18.9 Å². The van der Waals surface area contributed by atoms with Crippen molar-refractivity contribution in [2.45, 2.75) is 25.0 Å². The molecule has 0 saturated heterocycles. The number of nitrogens with one attached hydrogen (secondary N) is 1. The van der Waals surface area contributed by atoms with Crippen molar-refractivity contribution in [1.29, 1.82) is 0 Å². The number of aromatic nitrogens is 4. The third-order valence-electron chi connectivity index (χ3n) is 4.14. The Kier molecular flexibility index (Phi) is 7.00. The highest BCUT2D eigenvalue weighted by Gasteiger charge is 2.17. The monoisotopic (exact) mass is 451 g/mol. The average Bonchev–Trinajstić information content (AvgIpc) is 3.14. The van der Waals surface area contributed by atoms with E-state index in [1.807, 2.05) is 32.0 Å². The zero-order chi connectivity index (χ0) is 21.0. The number of ether oxygens (including phenoxy) is 1. The molecule has 1 heterocycles. The van der Waals surface area contributed by atoms with Gasteiger partial charge in [-0.1, -0.05) is 47.1 Å². The largest absolute Gasteiger partial charge is 0.494 e. The topological polar surface area (TPSA) is 81.9 Å². The lowest BCUT2D eigenvalue weighted by molar-refractivity contribution is -0.119. The van der Waals surface area contributed by atoms with Crippen molar-refractivity contribution in [2.75, 3.05) is 12.9 Å². The second kappa shape index (κ2) is 9.47. The Balaban J connectivity index is 1.68. The van der Waals surface area contributed by atoms with Crippen molar-refractivity contribution < 1.29 is 9.53 Å². The van der Waals surface area contributed by atoms with Crippen LogP contribution in [0.3, 0.4) is 0 Å². The summed E-state index contributed by atoms with van der Waals surface area (Å²) in [4.78, 5) is 12.4. The highest BCUT2D eigenvalue weighted by atomic mass is 35.5. The van der Waals surface area contributed by atoms with Gasteiger partial charge in [0.25, 0.3) is 0 Å². The number of tetrazole rings is 1. The first-order valence-corrected chi connectivity index (χ1v) is 10.4. The van der Waals surface area contributed by atoms with E-state index in [1.54, 1.807) is 30.0 Å². The van der Waals surface area contributed by atoms with Crippen LogP contribution in [0.15, 0.2) is 41.6 Å². The van der Waals surface area contributed by atoms with Crippen molar-refractivity contribution in [3.8, 4) is 11.4 Å². The second-order valence-corrected chi connectivity index (χ2v) is 8.08. The van der Waals surface area contributed by atoms with Crippen molar-refractivity contribution in [3.05, 3.63) is 57.6 Å². The fourth-order valence-corrected chi connectivity index (χ4v) is 4.00. The summed E-state index contributed by atoms with van der Waals surface area (Å²) < 4.78 is 6.96. The van der Waals surface area contributed by atoms with Crippen LogP contribution in [0.25, 0.3) is 5.69 Å². The first-order chi connectivity index (χ1) is 13.9. The number of hydrogen-bond donors (Lipinski definition) is 1. The van der Waals surface area contributed by atoms with Gasteiger partial charge in [0.15, 0.2) is 0 Å². The molecule has 0 radical (unpaired) electrons. The summed E-state index contributed by atoms with van der Waals surface area (Å²) in [5.74, 6) is 0.615.